The largest absolute Gasteiger partial charge is 0.454 e. The van der Waals surface area contributed by atoms with Crippen LogP contribution in [0.4, 0.5) is 0 Å². The number of H-pyrrole nitrogens is 1. The van der Waals surface area contributed by atoms with Crippen molar-refractivity contribution in [1.29, 1.82) is 5.26 Å². The molecule has 5 aromatic rings. The number of nitriles is 1. The SMILES string of the molecule is Cc1cc(-c2ccc(Cl)nc2)nc2ccc(Oc3c(Cl)cc(-n4nc(C#N)c(=O)[nH]c4=O)cc3Cl)cc12. The molecule has 37 heavy (non-hydrogen) atoms. The molecule has 1 N–H and O–H groups in total. The van der Waals surface area contributed by atoms with E-state index in [4.69, 9.17) is 49.8 Å². The molecule has 0 amide bonds. The van der Waals surface area contributed by atoms with Gasteiger partial charge in [-0.15, -0.1) is 5.10 Å². The zero-order valence-electron chi connectivity index (χ0n) is 18.8. The standard InChI is InChI=1S/C25H13Cl3N6O3/c1-12-6-20(13-2-5-22(28)30-11-13)31-19-4-3-15(9-16(12)19)37-23-17(26)7-14(8-18(23)27)34-25(36)32-24(35)21(10-29)33-34/h2-9,11H,1H3,(H,32,35,36). The lowest BCUT2D eigenvalue weighted by atomic mass is 10.1. The Kier molecular flexibility index (Phi) is 6.39. The van der Waals surface area contributed by atoms with Crippen molar-refractivity contribution in [3.8, 4) is 34.5 Å². The molecule has 3 aromatic heterocycles. The summed E-state index contributed by atoms with van der Waals surface area (Å²) in [4.78, 5) is 34.7. The molecule has 9 nitrogen and oxygen atoms in total. The summed E-state index contributed by atoms with van der Waals surface area (Å²) in [5.41, 5.74) is 1.23. The molecule has 0 fully saturated rings. The fourth-order valence-electron chi connectivity index (χ4n) is 3.64. The van der Waals surface area contributed by atoms with Gasteiger partial charge in [0.15, 0.2) is 5.75 Å². The lowest BCUT2D eigenvalue weighted by molar-refractivity contribution is 0.483. The summed E-state index contributed by atoms with van der Waals surface area (Å²) in [5, 5.41) is 14.2. The molecule has 0 spiro atoms. The number of fused-ring (bicyclic) bond motifs is 1. The van der Waals surface area contributed by atoms with Crippen molar-refractivity contribution in [1.82, 2.24) is 24.7 Å². The normalized spacial score (nSPS) is 10.9. The van der Waals surface area contributed by atoms with E-state index >= 15 is 0 Å². The number of rotatable bonds is 4. The monoisotopic (exact) mass is 550 g/mol. The Morgan fingerprint density at radius 2 is 1.78 bits per heavy atom. The minimum atomic E-state index is -0.890. The quantitative estimate of drug-likeness (QED) is 0.294. The number of hydrogen-bond acceptors (Lipinski definition) is 7. The van der Waals surface area contributed by atoms with Crippen LogP contribution in [0, 0.1) is 18.3 Å². The summed E-state index contributed by atoms with van der Waals surface area (Å²) in [6, 6.07) is 15.3. The van der Waals surface area contributed by atoms with Gasteiger partial charge in [0.25, 0.3) is 5.56 Å². The Labute approximate surface area is 223 Å². The van der Waals surface area contributed by atoms with Gasteiger partial charge in [0.05, 0.1) is 26.9 Å². The number of aromatic nitrogens is 5. The van der Waals surface area contributed by atoms with E-state index in [0.29, 0.717) is 10.9 Å². The van der Waals surface area contributed by atoms with Crippen LogP contribution in [0.2, 0.25) is 15.2 Å². The molecule has 2 aromatic carbocycles. The van der Waals surface area contributed by atoms with Gasteiger partial charge in [0, 0.05) is 17.1 Å². The number of aryl methyl sites for hydroxylation is 1. The molecular formula is C25H13Cl3N6O3. The highest BCUT2D eigenvalue weighted by Gasteiger charge is 2.16. The number of hydrogen-bond donors (Lipinski definition) is 1. The summed E-state index contributed by atoms with van der Waals surface area (Å²) >= 11 is 18.7. The smallest absolute Gasteiger partial charge is 0.349 e. The van der Waals surface area contributed by atoms with Gasteiger partial charge in [-0.25, -0.2) is 14.8 Å². The van der Waals surface area contributed by atoms with Crippen molar-refractivity contribution < 1.29 is 4.74 Å². The Bertz CT molecular complexity index is 1840. The lowest BCUT2D eigenvalue weighted by Gasteiger charge is -2.13. The van der Waals surface area contributed by atoms with E-state index in [1.165, 1.54) is 12.1 Å². The van der Waals surface area contributed by atoms with E-state index < -0.39 is 16.9 Å². The minimum Gasteiger partial charge on any atom is -0.454 e. The molecule has 182 valence electrons. The number of aromatic amines is 1. The maximum absolute atomic E-state index is 12.2. The second kappa shape index (κ2) is 9.67. The molecule has 0 saturated carbocycles. The second-order valence-corrected chi connectivity index (χ2v) is 9.05. The first kappa shape index (κ1) is 24.5. The van der Waals surface area contributed by atoms with Gasteiger partial charge in [0.2, 0.25) is 5.69 Å². The van der Waals surface area contributed by atoms with Crippen LogP contribution in [0.25, 0.3) is 27.8 Å². The first-order valence-corrected chi connectivity index (χ1v) is 11.7. The Morgan fingerprint density at radius 1 is 1.03 bits per heavy atom. The minimum absolute atomic E-state index is 0.0847. The molecule has 3 heterocycles. The van der Waals surface area contributed by atoms with Crippen molar-refractivity contribution in [3.05, 3.63) is 102 Å². The van der Waals surface area contributed by atoms with Crippen molar-refractivity contribution in [2.45, 2.75) is 6.92 Å². The first-order valence-electron chi connectivity index (χ1n) is 10.6. The van der Waals surface area contributed by atoms with Gasteiger partial charge in [-0.2, -0.15) is 9.94 Å². The fraction of sp³-hybridized carbons (Fsp3) is 0.0400. The van der Waals surface area contributed by atoms with E-state index in [9.17, 15) is 9.59 Å². The average Bonchev–Trinajstić information content (AvgIpc) is 2.87. The summed E-state index contributed by atoms with van der Waals surface area (Å²) in [5.74, 6) is 0.611. The second-order valence-electron chi connectivity index (χ2n) is 7.85. The molecule has 0 radical (unpaired) electrons. The Hall–Kier alpha value is -4.23. The summed E-state index contributed by atoms with van der Waals surface area (Å²) in [6.45, 7) is 1.96. The highest BCUT2D eigenvalue weighted by molar-refractivity contribution is 6.37. The van der Waals surface area contributed by atoms with Crippen molar-refractivity contribution >= 4 is 45.7 Å². The zero-order chi connectivity index (χ0) is 26.3. The fourth-order valence-corrected chi connectivity index (χ4v) is 4.31. The first-order chi connectivity index (χ1) is 17.7. The number of nitrogens with zero attached hydrogens (tertiary/aromatic N) is 5. The topological polar surface area (TPSA) is 127 Å². The number of pyridine rings is 2. The maximum Gasteiger partial charge on any atom is 0.349 e. The van der Waals surface area contributed by atoms with Gasteiger partial charge in [-0.05, 0) is 61.0 Å². The number of nitrogens with one attached hydrogen (secondary N) is 1. The Morgan fingerprint density at radius 3 is 2.46 bits per heavy atom. The summed E-state index contributed by atoms with van der Waals surface area (Å²) in [6.07, 6.45) is 1.67. The lowest BCUT2D eigenvalue weighted by Crippen LogP contribution is -2.33. The predicted octanol–water partition coefficient (Wildman–Crippen LogP) is 5.46. The van der Waals surface area contributed by atoms with Gasteiger partial charge in [-0.3, -0.25) is 9.78 Å². The van der Waals surface area contributed by atoms with Crippen LogP contribution in [0.3, 0.4) is 0 Å². The van der Waals surface area contributed by atoms with Crippen LogP contribution < -0.4 is 16.0 Å². The molecule has 0 atom stereocenters. The molecule has 0 saturated heterocycles. The van der Waals surface area contributed by atoms with Crippen molar-refractivity contribution in [2.75, 3.05) is 0 Å². The third-order valence-electron chi connectivity index (χ3n) is 5.39. The number of halogens is 3. The highest BCUT2D eigenvalue weighted by Crippen LogP contribution is 2.39. The summed E-state index contributed by atoms with van der Waals surface area (Å²) < 4.78 is 6.80. The third-order valence-corrected chi connectivity index (χ3v) is 6.18. The van der Waals surface area contributed by atoms with E-state index in [0.717, 1.165) is 32.4 Å². The highest BCUT2D eigenvalue weighted by atomic mass is 35.5. The van der Waals surface area contributed by atoms with Crippen molar-refractivity contribution in [2.24, 2.45) is 0 Å². The number of ether oxygens (including phenoxy) is 1. The van der Waals surface area contributed by atoms with Crippen molar-refractivity contribution in [3.63, 3.8) is 0 Å². The molecule has 12 heteroatoms. The van der Waals surface area contributed by atoms with Crippen LogP contribution in [0.15, 0.2) is 64.3 Å². The maximum atomic E-state index is 12.2. The van der Waals surface area contributed by atoms with Gasteiger partial charge < -0.3 is 4.74 Å². The van der Waals surface area contributed by atoms with Crippen LogP contribution in [-0.2, 0) is 0 Å². The van der Waals surface area contributed by atoms with Crippen LogP contribution in [0.5, 0.6) is 11.5 Å². The molecule has 0 aliphatic rings. The molecule has 0 aliphatic heterocycles. The third kappa shape index (κ3) is 4.78. The molecule has 5 rings (SSSR count). The molecule has 0 bridgehead atoms. The average molecular weight is 552 g/mol. The van der Waals surface area contributed by atoms with E-state index in [1.807, 2.05) is 36.2 Å². The molecular weight excluding hydrogens is 539 g/mol. The van der Waals surface area contributed by atoms with E-state index in [2.05, 4.69) is 10.1 Å². The van der Waals surface area contributed by atoms with Crippen LogP contribution in [-0.4, -0.2) is 24.7 Å². The Balaban J connectivity index is 1.49. The molecule has 0 unspecified atom stereocenters. The van der Waals surface area contributed by atoms with Crippen LogP contribution >= 0.6 is 34.8 Å². The van der Waals surface area contributed by atoms with Gasteiger partial charge in [-0.1, -0.05) is 34.8 Å². The predicted molar refractivity (Wildman–Crippen MR) is 140 cm³/mol. The summed E-state index contributed by atoms with van der Waals surface area (Å²) in [7, 11) is 0. The van der Waals surface area contributed by atoms with Gasteiger partial charge >= 0.3 is 5.69 Å². The zero-order valence-corrected chi connectivity index (χ0v) is 21.1. The molecule has 0 aliphatic carbocycles. The number of benzene rings is 2. The van der Waals surface area contributed by atoms with Gasteiger partial charge in [0.1, 0.15) is 17.0 Å². The van der Waals surface area contributed by atoms with E-state index in [-0.39, 0.29) is 21.5 Å². The van der Waals surface area contributed by atoms with E-state index in [1.54, 1.807) is 24.4 Å². The van der Waals surface area contributed by atoms with Crippen LogP contribution in [0.1, 0.15) is 11.3 Å².